The van der Waals surface area contributed by atoms with Crippen molar-refractivity contribution in [2.24, 2.45) is 0 Å². The highest BCUT2D eigenvalue weighted by Crippen LogP contribution is 2.19. The van der Waals surface area contributed by atoms with Gasteiger partial charge in [-0.1, -0.05) is 12.1 Å². The van der Waals surface area contributed by atoms with Crippen LogP contribution in [0.4, 0.5) is 17.1 Å². The van der Waals surface area contributed by atoms with Gasteiger partial charge in [-0.25, -0.2) is 4.98 Å². The molecule has 5 nitrogen and oxygen atoms in total. The zero-order valence-corrected chi connectivity index (χ0v) is 14.6. The fraction of sp³-hybridized carbons (Fsp3) is 0.0952. The van der Waals surface area contributed by atoms with Crippen molar-refractivity contribution in [3.8, 4) is 6.07 Å². The van der Waals surface area contributed by atoms with E-state index < -0.39 is 0 Å². The molecule has 1 aromatic heterocycles. The topological polar surface area (TPSA) is 77.8 Å². The largest absolute Gasteiger partial charge is 0.354 e. The molecule has 0 aliphatic heterocycles. The Labute approximate surface area is 152 Å². The average Bonchev–Trinajstić information content (AvgIpc) is 2.61. The molecular weight excluding hydrogens is 324 g/mol. The van der Waals surface area contributed by atoms with Crippen LogP contribution in [0.1, 0.15) is 27.2 Å². The van der Waals surface area contributed by atoms with E-state index in [1.165, 1.54) is 11.1 Å². The Kier molecular flexibility index (Phi) is 4.95. The van der Waals surface area contributed by atoms with Gasteiger partial charge in [0.25, 0.3) is 5.91 Å². The fourth-order valence-electron chi connectivity index (χ4n) is 2.68. The molecular formula is C21H18N4O. The van der Waals surface area contributed by atoms with E-state index in [1.807, 2.05) is 26.0 Å². The van der Waals surface area contributed by atoms with Gasteiger partial charge in [0.1, 0.15) is 5.69 Å². The van der Waals surface area contributed by atoms with Crippen LogP contribution in [0.5, 0.6) is 0 Å². The smallest absolute Gasteiger partial charge is 0.274 e. The maximum absolute atomic E-state index is 12.3. The number of hydrogen-bond donors (Lipinski definition) is 2. The van der Waals surface area contributed by atoms with Crippen LogP contribution in [0.25, 0.3) is 0 Å². The SMILES string of the molecule is Cc1cc(C)cc(Nc2ccc(C(=O)Nc3cccc(C#N)c3)nc2)c1. The van der Waals surface area contributed by atoms with Crippen molar-refractivity contribution in [1.82, 2.24) is 4.98 Å². The molecule has 0 unspecified atom stereocenters. The van der Waals surface area contributed by atoms with E-state index in [1.54, 1.807) is 36.5 Å². The van der Waals surface area contributed by atoms with Crippen LogP contribution in [0.15, 0.2) is 60.8 Å². The lowest BCUT2D eigenvalue weighted by atomic mass is 10.1. The number of carbonyl (C=O) groups is 1. The molecule has 5 heteroatoms. The minimum Gasteiger partial charge on any atom is -0.354 e. The first-order valence-electron chi connectivity index (χ1n) is 8.16. The lowest BCUT2D eigenvalue weighted by Crippen LogP contribution is -2.13. The number of aryl methyl sites for hydroxylation is 2. The Hall–Kier alpha value is -3.65. The van der Waals surface area contributed by atoms with Gasteiger partial charge in [0.2, 0.25) is 0 Å². The van der Waals surface area contributed by atoms with E-state index in [0.717, 1.165) is 11.4 Å². The molecule has 3 rings (SSSR count). The molecule has 3 aromatic rings. The summed E-state index contributed by atoms with van der Waals surface area (Å²) in [4.78, 5) is 16.5. The Morgan fingerprint density at radius 1 is 0.962 bits per heavy atom. The van der Waals surface area contributed by atoms with Crippen molar-refractivity contribution in [3.05, 3.63) is 83.2 Å². The van der Waals surface area contributed by atoms with Gasteiger partial charge >= 0.3 is 0 Å². The van der Waals surface area contributed by atoms with Crippen LogP contribution in [0.2, 0.25) is 0 Å². The number of nitrogens with one attached hydrogen (secondary N) is 2. The highest BCUT2D eigenvalue weighted by atomic mass is 16.1. The zero-order chi connectivity index (χ0) is 18.5. The summed E-state index contributed by atoms with van der Waals surface area (Å²) in [6.45, 7) is 4.09. The molecule has 0 fully saturated rings. The van der Waals surface area contributed by atoms with Crippen LogP contribution in [0.3, 0.4) is 0 Å². The molecule has 0 spiro atoms. The Morgan fingerprint density at radius 2 is 1.73 bits per heavy atom. The molecule has 26 heavy (non-hydrogen) atoms. The van der Waals surface area contributed by atoms with E-state index >= 15 is 0 Å². The van der Waals surface area contributed by atoms with Gasteiger partial charge in [-0.2, -0.15) is 5.26 Å². The number of aromatic nitrogens is 1. The number of anilines is 3. The number of nitriles is 1. The third-order valence-electron chi connectivity index (χ3n) is 3.76. The monoisotopic (exact) mass is 342 g/mol. The molecule has 0 saturated carbocycles. The standard InChI is InChI=1S/C21H18N4O/c1-14-8-15(2)10-19(9-14)24-18-6-7-20(23-13-18)21(26)25-17-5-3-4-16(11-17)12-22/h3-11,13,24H,1-2H3,(H,25,26). The number of carbonyl (C=O) groups excluding carboxylic acids is 1. The summed E-state index contributed by atoms with van der Waals surface area (Å²) in [5, 5.41) is 14.9. The second-order valence-corrected chi connectivity index (χ2v) is 6.08. The van der Waals surface area contributed by atoms with Gasteiger partial charge in [-0.3, -0.25) is 4.79 Å². The van der Waals surface area contributed by atoms with Crippen molar-refractivity contribution < 1.29 is 4.79 Å². The summed E-state index contributed by atoms with van der Waals surface area (Å²) in [6.07, 6.45) is 1.62. The van der Waals surface area contributed by atoms with Crippen molar-refractivity contribution in [2.75, 3.05) is 10.6 Å². The number of pyridine rings is 1. The molecule has 0 saturated heterocycles. The van der Waals surface area contributed by atoms with Gasteiger partial charge in [0.15, 0.2) is 0 Å². The highest BCUT2D eigenvalue weighted by Gasteiger charge is 2.08. The van der Waals surface area contributed by atoms with E-state index in [-0.39, 0.29) is 5.91 Å². The Morgan fingerprint density at radius 3 is 2.38 bits per heavy atom. The summed E-state index contributed by atoms with van der Waals surface area (Å²) in [5.74, 6) is -0.321. The number of rotatable bonds is 4. The number of amides is 1. The predicted octanol–water partition coefficient (Wildman–Crippen LogP) is 4.57. The molecule has 0 aliphatic rings. The quantitative estimate of drug-likeness (QED) is 0.728. The molecule has 2 aromatic carbocycles. The lowest BCUT2D eigenvalue weighted by Gasteiger charge is -2.09. The lowest BCUT2D eigenvalue weighted by molar-refractivity contribution is 0.102. The second kappa shape index (κ2) is 7.49. The molecule has 0 radical (unpaired) electrons. The number of benzene rings is 2. The maximum atomic E-state index is 12.3. The summed E-state index contributed by atoms with van der Waals surface area (Å²) in [6, 6.07) is 18.5. The summed E-state index contributed by atoms with van der Waals surface area (Å²) >= 11 is 0. The van der Waals surface area contributed by atoms with Crippen LogP contribution in [-0.4, -0.2) is 10.9 Å². The molecule has 2 N–H and O–H groups in total. The predicted molar refractivity (Wildman–Crippen MR) is 103 cm³/mol. The third-order valence-corrected chi connectivity index (χ3v) is 3.76. The average molecular weight is 342 g/mol. The zero-order valence-electron chi connectivity index (χ0n) is 14.6. The first kappa shape index (κ1) is 17.2. The normalized spacial score (nSPS) is 10.0. The highest BCUT2D eigenvalue weighted by molar-refractivity contribution is 6.03. The van der Waals surface area contributed by atoms with E-state index in [4.69, 9.17) is 5.26 Å². The van der Waals surface area contributed by atoms with Crippen molar-refractivity contribution in [2.45, 2.75) is 13.8 Å². The third kappa shape index (κ3) is 4.25. The molecule has 128 valence electrons. The molecule has 0 atom stereocenters. The summed E-state index contributed by atoms with van der Waals surface area (Å²) in [7, 11) is 0. The molecule has 0 bridgehead atoms. The minimum atomic E-state index is -0.321. The maximum Gasteiger partial charge on any atom is 0.274 e. The van der Waals surface area contributed by atoms with Crippen molar-refractivity contribution >= 4 is 23.0 Å². The van der Waals surface area contributed by atoms with Crippen LogP contribution in [-0.2, 0) is 0 Å². The van der Waals surface area contributed by atoms with Gasteiger partial charge in [-0.15, -0.1) is 0 Å². The summed E-state index contributed by atoms with van der Waals surface area (Å²) in [5.41, 5.74) is 5.50. The van der Waals surface area contributed by atoms with Gasteiger partial charge in [0.05, 0.1) is 23.5 Å². The summed E-state index contributed by atoms with van der Waals surface area (Å²) < 4.78 is 0. The minimum absolute atomic E-state index is 0.304. The molecule has 1 amide bonds. The molecule has 1 heterocycles. The number of hydrogen-bond acceptors (Lipinski definition) is 4. The fourth-order valence-corrected chi connectivity index (χ4v) is 2.68. The van der Waals surface area contributed by atoms with Gasteiger partial charge in [0, 0.05) is 11.4 Å². The number of nitrogens with zero attached hydrogens (tertiary/aromatic N) is 2. The van der Waals surface area contributed by atoms with E-state index in [9.17, 15) is 4.79 Å². The molecule has 0 aliphatic carbocycles. The van der Waals surface area contributed by atoms with Gasteiger partial charge < -0.3 is 10.6 Å². The van der Waals surface area contributed by atoms with Crippen molar-refractivity contribution in [3.63, 3.8) is 0 Å². The van der Waals surface area contributed by atoms with Crippen LogP contribution >= 0.6 is 0 Å². The Bertz CT molecular complexity index is 967. The second-order valence-electron chi connectivity index (χ2n) is 6.08. The van der Waals surface area contributed by atoms with Crippen molar-refractivity contribution in [1.29, 1.82) is 5.26 Å². The van der Waals surface area contributed by atoms with E-state index in [2.05, 4.69) is 33.8 Å². The van der Waals surface area contributed by atoms with E-state index in [0.29, 0.717) is 16.9 Å². The van der Waals surface area contributed by atoms with Crippen LogP contribution < -0.4 is 10.6 Å². The van der Waals surface area contributed by atoms with Gasteiger partial charge in [-0.05, 0) is 67.4 Å². The van der Waals surface area contributed by atoms with Crippen LogP contribution in [0, 0.1) is 25.2 Å². The first-order valence-corrected chi connectivity index (χ1v) is 8.16. The first-order chi connectivity index (χ1) is 12.5. The Balaban J connectivity index is 1.70.